The number of non-ortho nitro benzene ring substituents is 1. The van der Waals surface area contributed by atoms with Crippen molar-refractivity contribution in [1.29, 1.82) is 0 Å². The van der Waals surface area contributed by atoms with Gasteiger partial charge in [-0.1, -0.05) is 54.5 Å². The molecule has 1 amide bonds. The van der Waals surface area contributed by atoms with Crippen LogP contribution in [0.1, 0.15) is 29.2 Å². The lowest BCUT2D eigenvalue weighted by atomic mass is 9.98. The number of nitrogens with one attached hydrogen (secondary N) is 2. The molecule has 5 rings (SSSR count). The fourth-order valence-electron chi connectivity index (χ4n) is 4.24. The van der Waals surface area contributed by atoms with Crippen LogP contribution < -0.4 is 5.32 Å². The van der Waals surface area contributed by atoms with Crippen LogP contribution in [-0.4, -0.2) is 34.4 Å². The fourth-order valence-corrected chi connectivity index (χ4v) is 4.24. The van der Waals surface area contributed by atoms with Crippen molar-refractivity contribution < 1.29 is 14.5 Å². The molecule has 0 radical (unpaired) electrons. The molecular formula is C26H20N4O4. The third-order valence-electron chi connectivity index (χ3n) is 5.83. The Hall–Kier alpha value is -4.64. The number of aromatic nitrogens is 2. The fraction of sp³-hybridized carbons (Fsp3) is 0.154. The Labute approximate surface area is 195 Å². The van der Waals surface area contributed by atoms with Crippen LogP contribution in [0.2, 0.25) is 0 Å². The molecule has 0 aliphatic heterocycles. The van der Waals surface area contributed by atoms with E-state index >= 15 is 0 Å². The number of carbonyl (C=O) groups excluding carboxylic acids is 1. The van der Waals surface area contributed by atoms with E-state index in [1.54, 1.807) is 6.07 Å². The highest BCUT2D eigenvalue weighted by atomic mass is 16.6. The van der Waals surface area contributed by atoms with E-state index in [0.29, 0.717) is 29.6 Å². The summed E-state index contributed by atoms with van der Waals surface area (Å²) in [5, 5.41) is 21.2. The van der Waals surface area contributed by atoms with Gasteiger partial charge in [0.1, 0.15) is 17.8 Å². The smallest absolute Gasteiger partial charge is 0.407 e. The molecule has 8 heteroatoms. The Morgan fingerprint density at radius 2 is 1.79 bits per heavy atom. The molecule has 1 aliphatic rings. The zero-order valence-corrected chi connectivity index (χ0v) is 18.1. The number of hydrogen-bond donors (Lipinski definition) is 2. The molecule has 0 saturated heterocycles. The minimum Gasteiger partial charge on any atom is -0.449 e. The van der Waals surface area contributed by atoms with Gasteiger partial charge in [0.05, 0.1) is 4.92 Å². The van der Waals surface area contributed by atoms with E-state index in [0.717, 1.165) is 0 Å². The average Bonchev–Trinajstić information content (AvgIpc) is 3.41. The van der Waals surface area contributed by atoms with E-state index in [9.17, 15) is 14.9 Å². The lowest BCUT2D eigenvalue weighted by molar-refractivity contribution is -0.384. The molecule has 1 heterocycles. The normalized spacial score (nSPS) is 11.9. The minimum atomic E-state index is -0.483. The maximum Gasteiger partial charge on any atom is 0.407 e. The van der Waals surface area contributed by atoms with Crippen LogP contribution in [0.5, 0.6) is 0 Å². The number of nitro benzene ring substituents is 1. The first-order chi connectivity index (χ1) is 16.6. The molecule has 3 aromatic carbocycles. The molecule has 2 N–H and O–H groups in total. The summed E-state index contributed by atoms with van der Waals surface area (Å²) in [4.78, 5) is 22.6. The summed E-state index contributed by atoms with van der Waals surface area (Å²) >= 11 is 0. The van der Waals surface area contributed by atoms with E-state index in [4.69, 9.17) is 4.74 Å². The molecule has 0 spiro atoms. The number of aromatic amines is 1. The van der Waals surface area contributed by atoms with E-state index < -0.39 is 11.0 Å². The number of carbonyl (C=O) groups is 1. The Kier molecular flexibility index (Phi) is 5.67. The number of nitrogens with zero attached hydrogens (tertiary/aromatic N) is 2. The number of benzene rings is 3. The summed E-state index contributed by atoms with van der Waals surface area (Å²) in [5.74, 6) is 5.95. The Bertz CT molecular complexity index is 1420. The first-order valence-electron chi connectivity index (χ1n) is 10.8. The molecule has 0 saturated carbocycles. The number of hydrogen-bond acceptors (Lipinski definition) is 5. The second-order valence-electron chi connectivity index (χ2n) is 7.86. The number of ether oxygens (including phenoxy) is 1. The lowest BCUT2D eigenvalue weighted by Gasteiger charge is -2.14. The van der Waals surface area contributed by atoms with Crippen LogP contribution in [0.15, 0.2) is 66.7 Å². The summed E-state index contributed by atoms with van der Waals surface area (Å²) in [6, 6.07) is 20.8. The van der Waals surface area contributed by atoms with Crippen LogP contribution in [0.4, 0.5) is 10.5 Å². The zero-order valence-electron chi connectivity index (χ0n) is 18.1. The van der Waals surface area contributed by atoms with Gasteiger partial charge in [-0.2, -0.15) is 5.10 Å². The molecule has 4 aromatic rings. The van der Waals surface area contributed by atoms with Crippen LogP contribution in [0.3, 0.4) is 0 Å². The van der Waals surface area contributed by atoms with Crippen LogP contribution >= 0.6 is 0 Å². The quantitative estimate of drug-likeness (QED) is 0.196. The maximum absolute atomic E-state index is 12.2. The van der Waals surface area contributed by atoms with Gasteiger partial charge in [0, 0.05) is 36.4 Å². The van der Waals surface area contributed by atoms with Crippen molar-refractivity contribution in [2.45, 2.75) is 12.3 Å². The van der Waals surface area contributed by atoms with Crippen LogP contribution in [0.25, 0.3) is 22.0 Å². The van der Waals surface area contributed by atoms with Gasteiger partial charge in [-0.15, -0.1) is 0 Å². The Morgan fingerprint density at radius 1 is 1.09 bits per heavy atom. The molecule has 0 fully saturated rings. The number of fused-ring (bicyclic) bond motifs is 4. The molecule has 168 valence electrons. The summed E-state index contributed by atoms with van der Waals surface area (Å²) in [7, 11) is 0. The van der Waals surface area contributed by atoms with Crippen molar-refractivity contribution in [3.63, 3.8) is 0 Å². The summed E-state index contributed by atoms with van der Waals surface area (Å²) in [6.45, 7) is 0.596. The highest BCUT2D eigenvalue weighted by Gasteiger charge is 2.28. The van der Waals surface area contributed by atoms with Gasteiger partial charge in [-0.3, -0.25) is 15.2 Å². The zero-order chi connectivity index (χ0) is 23.5. The van der Waals surface area contributed by atoms with Gasteiger partial charge >= 0.3 is 6.09 Å². The minimum absolute atomic E-state index is 0.0161. The SMILES string of the molecule is O=C(NCCC#Cc1[nH]nc2cc([N+](=O)[O-])ccc12)OCC1c2ccccc2-c2ccccc21. The van der Waals surface area contributed by atoms with E-state index in [1.165, 1.54) is 34.4 Å². The number of rotatable bonds is 5. The van der Waals surface area contributed by atoms with E-state index in [2.05, 4.69) is 51.6 Å². The average molecular weight is 452 g/mol. The van der Waals surface area contributed by atoms with Crippen LogP contribution in [0, 0.1) is 22.0 Å². The molecule has 0 unspecified atom stereocenters. The van der Waals surface area contributed by atoms with Crippen molar-refractivity contribution in [2.24, 2.45) is 0 Å². The van der Waals surface area contributed by atoms with Crippen molar-refractivity contribution in [3.8, 4) is 23.0 Å². The Balaban J connectivity index is 1.14. The first-order valence-corrected chi connectivity index (χ1v) is 10.8. The topological polar surface area (TPSA) is 110 Å². The van der Waals surface area contributed by atoms with E-state index in [1.807, 2.05) is 24.3 Å². The summed E-state index contributed by atoms with van der Waals surface area (Å²) < 4.78 is 5.51. The molecule has 0 bridgehead atoms. The molecule has 8 nitrogen and oxygen atoms in total. The van der Waals surface area contributed by atoms with Gasteiger partial charge in [-0.25, -0.2) is 4.79 Å². The number of alkyl carbamates (subject to hydrolysis) is 1. The lowest BCUT2D eigenvalue weighted by Crippen LogP contribution is -2.26. The molecule has 34 heavy (non-hydrogen) atoms. The highest BCUT2D eigenvalue weighted by Crippen LogP contribution is 2.44. The van der Waals surface area contributed by atoms with Crippen molar-refractivity contribution in [2.75, 3.05) is 13.2 Å². The number of amides is 1. The Morgan fingerprint density at radius 3 is 2.50 bits per heavy atom. The number of nitro groups is 1. The largest absolute Gasteiger partial charge is 0.449 e. The predicted molar refractivity (Wildman–Crippen MR) is 127 cm³/mol. The van der Waals surface area contributed by atoms with Crippen molar-refractivity contribution in [3.05, 3.63) is 93.7 Å². The summed E-state index contributed by atoms with van der Waals surface area (Å²) in [6.07, 6.45) is -0.0690. The predicted octanol–water partition coefficient (Wildman–Crippen LogP) is 4.75. The molecule has 0 atom stereocenters. The van der Waals surface area contributed by atoms with Gasteiger partial charge in [-0.05, 0) is 34.2 Å². The standard InChI is InChI=1S/C26H20N4O4/c31-26(34-16-23-20-9-3-1-7-18(20)19-8-2-4-10-21(19)23)27-14-6-5-11-24-22-13-12-17(30(32)33)15-25(22)29-28-24/h1-4,7-10,12-13,15,23H,6,14,16H2,(H,27,31)(H,28,29). The number of H-pyrrole nitrogens is 1. The third-order valence-corrected chi connectivity index (χ3v) is 5.83. The van der Waals surface area contributed by atoms with Gasteiger partial charge in [0.2, 0.25) is 0 Å². The van der Waals surface area contributed by atoms with Gasteiger partial charge in [0.15, 0.2) is 0 Å². The first kappa shape index (κ1) is 21.2. The monoisotopic (exact) mass is 452 g/mol. The molecular weight excluding hydrogens is 432 g/mol. The van der Waals surface area contributed by atoms with Crippen molar-refractivity contribution >= 4 is 22.7 Å². The summed E-state index contributed by atoms with van der Waals surface area (Å²) in [5.41, 5.74) is 5.73. The van der Waals surface area contributed by atoms with Crippen molar-refractivity contribution in [1.82, 2.24) is 15.5 Å². The van der Waals surface area contributed by atoms with Gasteiger partial charge in [0.25, 0.3) is 5.69 Å². The second-order valence-corrected chi connectivity index (χ2v) is 7.86. The van der Waals surface area contributed by atoms with Gasteiger partial charge < -0.3 is 10.1 Å². The second kappa shape index (κ2) is 9.08. The molecule has 1 aliphatic carbocycles. The van der Waals surface area contributed by atoms with E-state index in [-0.39, 0.29) is 18.2 Å². The van der Waals surface area contributed by atoms with Crippen LogP contribution in [-0.2, 0) is 4.74 Å². The highest BCUT2D eigenvalue weighted by molar-refractivity contribution is 5.85. The third kappa shape index (κ3) is 4.07. The maximum atomic E-state index is 12.2. The molecule has 1 aromatic heterocycles.